The Morgan fingerprint density at radius 1 is 1.30 bits per heavy atom. The Morgan fingerprint density at radius 2 is 2.00 bits per heavy atom. The van der Waals surface area contributed by atoms with Crippen LogP contribution in [0.15, 0.2) is 18.2 Å². The van der Waals surface area contributed by atoms with E-state index in [4.69, 9.17) is 23.2 Å². The fourth-order valence-corrected chi connectivity index (χ4v) is 3.27. The molecule has 1 heterocycles. The van der Waals surface area contributed by atoms with Crippen molar-refractivity contribution < 1.29 is 0 Å². The minimum absolute atomic E-state index is 0.243. The van der Waals surface area contributed by atoms with Crippen molar-refractivity contribution in [1.29, 1.82) is 0 Å². The van der Waals surface area contributed by atoms with Gasteiger partial charge in [-0.3, -0.25) is 0 Å². The maximum Gasteiger partial charge on any atom is 0.0454 e. The highest BCUT2D eigenvalue weighted by molar-refractivity contribution is 6.33. The van der Waals surface area contributed by atoms with Crippen LogP contribution in [0, 0.1) is 5.92 Å². The molecule has 0 bridgehead atoms. The first-order valence-electron chi connectivity index (χ1n) is 7.43. The van der Waals surface area contributed by atoms with Crippen LogP contribution in [0.25, 0.3) is 0 Å². The molecule has 1 aliphatic heterocycles. The minimum atomic E-state index is 0.243. The zero-order valence-corrected chi connectivity index (χ0v) is 13.8. The Bertz CT molecular complexity index is 428. The standard InChI is InChI=1S/C16H24Cl2N2/c1-12(15-11-14(17)3-4-16(15)18)19-8-5-13-6-9-20(2)10-7-13/h3-4,11-13,19H,5-10H2,1-2H3. The first kappa shape index (κ1) is 16.1. The summed E-state index contributed by atoms with van der Waals surface area (Å²) in [6, 6.07) is 5.90. The molecule has 1 saturated heterocycles. The molecule has 1 aromatic carbocycles. The van der Waals surface area contributed by atoms with Crippen molar-refractivity contribution in [2.45, 2.75) is 32.2 Å². The van der Waals surface area contributed by atoms with Crippen molar-refractivity contribution in [2.75, 3.05) is 26.7 Å². The van der Waals surface area contributed by atoms with E-state index in [1.165, 1.54) is 32.4 Å². The molecule has 112 valence electrons. The van der Waals surface area contributed by atoms with Gasteiger partial charge in [-0.1, -0.05) is 23.2 Å². The molecule has 1 atom stereocenters. The van der Waals surface area contributed by atoms with Gasteiger partial charge in [-0.2, -0.15) is 0 Å². The summed E-state index contributed by atoms with van der Waals surface area (Å²) in [5, 5.41) is 5.10. The predicted molar refractivity (Wildman–Crippen MR) is 87.7 cm³/mol. The molecule has 1 aromatic rings. The van der Waals surface area contributed by atoms with Crippen LogP contribution < -0.4 is 5.32 Å². The summed E-state index contributed by atoms with van der Waals surface area (Å²) >= 11 is 12.3. The van der Waals surface area contributed by atoms with Gasteiger partial charge >= 0.3 is 0 Å². The van der Waals surface area contributed by atoms with Gasteiger partial charge in [-0.15, -0.1) is 0 Å². The van der Waals surface area contributed by atoms with Gasteiger partial charge in [0.15, 0.2) is 0 Å². The molecule has 0 aromatic heterocycles. The third kappa shape index (κ3) is 4.63. The number of nitrogens with one attached hydrogen (secondary N) is 1. The molecule has 0 aliphatic carbocycles. The van der Waals surface area contributed by atoms with Crippen molar-refractivity contribution >= 4 is 23.2 Å². The number of hydrogen-bond donors (Lipinski definition) is 1. The maximum atomic E-state index is 6.23. The first-order valence-corrected chi connectivity index (χ1v) is 8.18. The second-order valence-electron chi connectivity index (χ2n) is 5.88. The Balaban J connectivity index is 1.77. The zero-order valence-electron chi connectivity index (χ0n) is 12.3. The molecular formula is C16H24Cl2N2. The van der Waals surface area contributed by atoms with Crippen LogP contribution in [-0.4, -0.2) is 31.6 Å². The monoisotopic (exact) mass is 314 g/mol. The highest BCUT2D eigenvalue weighted by atomic mass is 35.5. The van der Waals surface area contributed by atoms with Crippen molar-refractivity contribution in [3.05, 3.63) is 33.8 Å². The van der Waals surface area contributed by atoms with E-state index >= 15 is 0 Å². The van der Waals surface area contributed by atoms with Crippen LogP contribution in [0.4, 0.5) is 0 Å². The number of halogens is 2. The summed E-state index contributed by atoms with van der Waals surface area (Å²) in [6.07, 6.45) is 3.89. The molecule has 1 unspecified atom stereocenters. The first-order chi connectivity index (χ1) is 9.56. The van der Waals surface area contributed by atoms with E-state index in [1.54, 1.807) is 0 Å². The van der Waals surface area contributed by atoms with Crippen molar-refractivity contribution in [3.8, 4) is 0 Å². The van der Waals surface area contributed by atoms with E-state index < -0.39 is 0 Å². The quantitative estimate of drug-likeness (QED) is 0.867. The fraction of sp³-hybridized carbons (Fsp3) is 0.625. The summed E-state index contributed by atoms with van der Waals surface area (Å²) < 4.78 is 0. The molecule has 0 saturated carbocycles. The van der Waals surface area contributed by atoms with Gasteiger partial charge in [0.05, 0.1) is 0 Å². The van der Waals surface area contributed by atoms with Crippen LogP contribution in [0.5, 0.6) is 0 Å². The normalized spacial score (nSPS) is 19.2. The average molecular weight is 315 g/mol. The van der Waals surface area contributed by atoms with Crippen molar-refractivity contribution in [2.24, 2.45) is 5.92 Å². The molecule has 20 heavy (non-hydrogen) atoms. The van der Waals surface area contributed by atoms with Gasteiger partial charge in [0.2, 0.25) is 0 Å². The summed E-state index contributed by atoms with van der Waals surface area (Å²) in [5.74, 6) is 0.862. The molecule has 1 fully saturated rings. The molecule has 2 rings (SSSR count). The summed E-state index contributed by atoms with van der Waals surface area (Å²) in [5.41, 5.74) is 1.09. The number of nitrogens with zero attached hydrogens (tertiary/aromatic N) is 1. The van der Waals surface area contributed by atoms with E-state index in [-0.39, 0.29) is 6.04 Å². The number of likely N-dealkylation sites (tertiary alicyclic amines) is 1. The lowest BCUT2D eigenvalue weighted by Crippen LogP contribution is -2.32. The number of piperidine rings is 1. The van der Waals surface area contributed by atoms with Gasteiger partial charge in [0.25, 0.3) is 0 Å². The topological polar surface area (TPSA) is 15.3 Å². The Hall–Kier alpha value is -0.280. The second kappa shape index (κ2) is 7.65. The van der Waals surface area contributed by atoms with E-state index in [1.807, 2.05) is 18.2 Å². The lowest BCUT2D eigenvalue weighted by atomic mass is 9.93. The van der Waals surface area contributed by atoms with Crippen LogP contribution in [0.1, 0.15) is 37.8 Å². The second-order valence-corrected chi connectivity index (χ2v) is 6.72. The van der Waals surface area contributed by atoms with E-state index in [0.29, 0.717) is 0 Å². The minimum Gasteiger partial charge on any atom is -0.310 e. The molecule has 4 heteroatoms. The predicted octanol–water partition coefficient (Wildman–Crippen LogP) is 4.38. The highest BCUT2D eigenvalue weighted by Gasteiger charge is 2.17. The van der Waals surface area contributed by atoms with E-state index in [0.717, 1.165) is 28.1 Å². The molecular weight excluding hydrogens is 291 g/mol. The number of hydrogen-bond acceptors (Lipinski definition) is 2. The highest BCUT2D eigenvalue weighted by Crippen LogP contribution is 2.26. The fourth-order valence-electron chi connectivity index (χ4n) is 2.81. The lowest BCUT2D eigenvalue weighted by molar-refractivity contribution is 0.211. The Morgan fingerprint density at radius 3 is 2.70 bits per heavy atom. The van der Waals surface area contributed by atoms with Crippen LogP contribution in [-0.2, 0) is 0 Å². The Labute approximate surface area is 132 Å². The molecule has 0 spiro atoms. The molecule has 1 N–H and O–H groups in total. The van der Waals surface area contributed by atoms with Crippen molar-refractivity contribution in [1.82, 2.24) is 10.2 Å². The number of rotatable bonds is 5. The van der Waals surface area contributed by atoms with Gasteiger partial charge < -0.3 is 10.2 Å². The lowest BCUT2D eigenvalue weighted by Gasteiger charge is -2.29. The molecule has 2 nitrogen and oxygen atoms in total. The van der Waals surface area contributed by atoms with Crippen LogP contribution in [0.2, 0.25) is 10.0 Å². The van der Waals surface area contributed by atoms with Crippen molar-refractivity contribution in [3.63, 3.8) is 0 Å². The third-order valence-corrected chi connectivity index (χ3v) is 4.85. The molecule has 1 aliphatic rings. The molecule has 0 radical (unpaired) electrons. The summed E-state index contributed by atoms with van der Waals surface area (Å²) in [6.45, 7) is 5.66. The van der Waals surface area contributed by atoms with Gasteiger partial charge in [0.1, 0.15) is 0 Å². The zero-order chi connectivity index (χ0) is 14.5. The third-order valence-electron chi connectivity index (χ3n) is 4.27. The smallest absolute Gasteiger partial charge is 0.0454 e. The van der Waals surface area contributed by atoms with E-state index in [9.17, 15) is 0 Å². The maximum absolute atomic E-state index is 6.23. The largest absolute Gasteiger partial charge is 0.310 e. The van der Waals surface area contributed by atoms with E-state index in [2.05, 4.69) is 24.2 Å². The Kier molecular flexibility index (Phi) is 6.16. The van der Waals surface area contributed by atoms with Gasteiger partial charge in [-0.25, -0.2) is 0 Å². The number of benzene rings is 1. The molecule has 0 amide bonds. The summed E-state index contributed by atoms with van der Waals surface area (Å²) in [4.78, 5) is 2.41. The average Bonchev–Trinajstić information content (AvgIpc) is 2.43. The van der Waals surface area contributed by atoms with Gasteiger partial charge in [-0.05, 0) is 82.5 Å². The SMILES string of the molecule is CC(NCCC1CCN(C)CC1)c1cc(Cl)ccc1Cl. The van der Waals surface area contributed by atoms with Crippen LogP contribution >= 0.6 is 23.2 Å². The summed E-state index contributed by atoms with van der Waals surface area (Å²) in [7, 11) is 2.21. The van der Waals surface area contributed by atoms with Crippen LogP contribution in [0.3, 0.4) is 0 Å². The van der Waals surface area contributed by atoms with Gasteiger partial charge in [0, 0.05) is 16.1 Å².